The molecule has 14 nitrogen and oxygen atoms in total. The number of Topliss-reactive ketones (excluding diaryl/α,β-unsaturated/α-hetero) is 4. The predicted molar refractivity (Wildman–Crippen MR) is 291 cm³/mol. The number of aliphatic hydroxyl groups excluding tert-OH is 1. The Hall–Kier alpha value is -3.40. The van der Waals surface area contributed by atoms with Crippen LogP contribution in [0.5, 0.6) is 0 Å². The highest BCUT2D eigenvalue weighted by molar-refractivity contribution is 5.93. The summed E-state index contributed by atoms with van der Waals surface area (Å²) in [6, 6.07) is 8.83. The molecule has 1 saturated carbocycles. The van der Waals surface area contributed by atoms with E-state index < -0.39 is 18.1 Å². The Labute approximate surface area is 442 Å². The van der Waals surface area contributed by atoms with Crippen LogP contribution >= 0.6 is 0 Å². The first-order valence-corrected chi connectivity index (χ1v) is 27.8. The van der Waals surface area contributed by atoms with Crippen molar-refractivity contribution in [3.05, 3.63) is 35.9 Å². The lowest BCUT2D eigenvalue weighted by atomic mass is 9.82. The van der Waals surface area contributed by atoms with Gasteiger partial charge < -0.3 is 39.6 Å². The van der Waals surface area contributed by atoms with Gasteiger partial charge in [0.05, 0.1) is 50.2 Å². The van der Waals surface area contributed by atoms with E-state index in [1.54, 1.807) is 33.2 Å². The molecule has 1 aromatic carbocycles. The topological polar surface area (TPSA) is 192 Å². The zero-order valence-electron chi connectivity index (χ0n) is 48.0. The van der Waals surface area contributed by atoms with Crippen molar-refractivity contribution in [2.75, 3.05) is 61.3 Å². The first kappa shape index (κ1) is 67.6. The molecule has 73 heavy (non-hydrogen) atoms. The quantitative estimate of drug-likeness (QED) is 0.0597. The number of hydrogen-bond acceptors (Lipinski definition) is 12. The summed E-state index contributed by atoms with van der Waals surface area (Å²) in [5.74, 6) is 0.0614. The number of amides is 2. The number of hydrogen-bond donors (Lipinski definition) is 2. The van der Waals surface area contributed by atoms with Crippen LogP contribution in [0.25, 0.3) is 0 Å². The van der Waals surface area contributed by atoms with Gasteiger partial charge >= 0.3 is 0 Å². The van der Waals surface area contributed by atoms with Crippen molar-refractivity contribution in [3.8, 4) is 0 Å². The molecule has 0 aliphatic heterocycles. The number of benzene rings is 1. The average Bonchev–Trinajstić information content (AvgIpc) is 3.82. The molecular formula is C59H103N3O11. The minimum atomic E-state index is -0.735. The number of carbonyl (C=O) groups excluding carboxylic acids is 6. The molecule has 0 aromatic heterocycles. The summed E-state index contributed by atoms with van der Waals surface area (Å²) in [5.41, 5.74) is 6.32. The fourth-order valence-electron chi connectivity index (χ4n) is 10.1. The van der Waals surface area contributed by atoms with E-state index >= 15 is 0 Å². The minimum Gasteiger partial charge on any atom is -0.388 e. The molecule has 0 spiro atoms. The summed E-state index contributed by atoms with van der Waals surface area (Å²) in [4.78, 5) is 81.3. The maximum Gasteiger partial charge on any atom is 0.248 e. The number of unbranched alkanes of at least 4 members (excludes halogenated alkanes) is 2. The molecule has 11 atom stereocenters. The van der Waals surface area contributed by atoms with E-state index in [-0.39, 0.29) is 122 Å². The van der Waals surface area contributed by atoms with E-state index in [2.05, 4.69) is 41.5 Å². The number of carbonyl (C=O) groups is 6. The van der Waals surface area contributed by atoms with Gasteiger partial charge in [-0.05, 0) is 92.9 Å². The second-order valence-corrected chi connectivity index (χ2v) is 21.9. The van der Waals surface area contributed by atoms with E-state index in [0.717, 1.165) is 63.4 Å². The Morgan fingerprint density at radius 1 is 0.712 bits per heavy atom. The number of likely N-dealkylation sites (N-methyl/N-ethyl adjacent to an activating group) is 2. The van der Waals surface area contributed by atoms with Gasteiger partial charge in [0, 0.05) is 78.9 Å². The van der Waals surface area contributed by atoms with Crippen molar-refractivity contribution >= 4 is 34.9 Å². The van der Waals surface area contributed by atoms with Gasteiger partial charge in [0.1, 0.15) is 24.0 Å². The molecule has 14 heteroatoms. The van der Waals surface area contributed by atoms with Crippen LogP contribution in [-0.2, 0) is 47.7 Å². The van der Waals surface area contributed by atoms with Crippen molar-refractivity contribution in [3.63, 3.8) is 0 Å². The molecule has 0 heterocycles. The van der Waals surface area contributed by atoms with Gasteiger partial charge in [-0.1, -0.05) is 112 Å². The second kappa shape index (κ2) is 37.4. The maximum atomic E-state index is 14.3. The molecule has 2 rings (SSSR count). The highest BCUT2D eigenvalue weighted by Gasteiger charge is 2.41. The van der Waals surface area contributed by atoms with Gasteiger partial charge in [0.15, 0.2) is 5.78 Å². The van der Waals surface area contributed by atoms with Crippen LogP contribution in [0, 0.1) is 47.3 Å². The minimum absolute atomic E-state index is 0.0162. The lowest BCUT2D eigenvalue weighted by molar-refractivity contribution is -0.148. The fourth-order valence-corrected chi connectivity index (χ4v) is 10.1. The van der Waals surface area contributed by atoms with Crippen LogP contribution in [-0.4, -0.2) is 135 Å². The standard InChI is InChI=1S/C43H77N3O9.C16H26O2/c1-11-31(6)42(39(53-10)26-37(49)35-21-15-17-32(35)7)46(9)43(52)36(29(2)3)25-38(50)41(30(4)5)45(8)40(51)28-55-24-23-54-22-16-20-33(47)18-13-12-14-19-34(48)27-44;1-12(14(3)18-4)10-11-13(2)16(17)15-8-6-5-7-9-15/h29-32,35-36,39,41-42H,11-28,44H2,1-10H3;5-9,12-14,16-17H,10-11H2,1-4H3/t31-,32+,35?,36-,39+,41?,42?;12-,13-,14-,16+/m00/s1. The van der Waals surface area contributed by atoms with Crippen LogP contribution in [0.2, 0.25) is 0 Å². The van der Waals surface area contributed by atoms with E-state index in [0.29, 0.717) is 44.1 Å². The first-order valence-electron chi connectivity index (χ1n) is 27.8. The Morgan fingerprint density at radius 2 is 1.32 bits per heavy atom. The summed E-state index contributed by atoms with van der Waals surface area (Å²) in [6.45, 7) is 21.1. The number of rotatable bonds is 38. The number of methoxy groups -OCH3 is 2. The summed E-state index contributed by atoms with van der Waals surface area (Å²) in [5, 5.41) is 10.3. The Morgan fingerprint density at radius 3 is 1.86 bits per heavy atom. The van der Waals surface area contributed by atoms with Crippen molar-refractivity contribution in [2.45, 2.75) is 196 Å². The van der Waals surface area contributed by atoms with Crippen LogP contribution < -0.4 is 5.73 Å². The molecule has 1 aliphatic carbocycles. The molecule has 420 valence electrons. The third-order valence-corrected chi connectivity index (χ3v) is 15.6. The lowest BCUT2D eigenvalue weighted by Crippen LogP contribution is -2.53. The average molecular weight is 1030 g/mol. The smallest absolute Gasteiger partial charge is 0.248 e. The molecule has 3 N–H and O–H groups in total. The lowest BCUT2D eigenvalue weighted by Gasteiger charge is -2.40. The Bertz CT molecular complexity index is 1730. The molecule has 0 radical (unpaired) electrons. The van der Waals surface area contributed by atoms with Gasteiger partial charge in [0.2, 0.25) is 11.8 Å². The zero-order valence-corrected chi connectivity index (χ0v) is 48.0. The largest absolute Gasteiger partial charge is 0.388 e. The number of aliphatic hydroxyl groups is 1. The van der Waals surface area contributed by atoms with Crippen molar-refractivity contribution in [2.24, 2.45) is 53.1 Å². The predicted octanol–water partition coefficient (Wildman–Crippen LogP) is 9.65. The summed E-state index contributed by atoms with van der Waals surface area (Å²) >= 11 is 0. The van der Waals surface area contributed by atoms with Crippen molar-refractivity contribution < 1.29 is 52.8 Å². The summed E-state index contributed by atoms with van der Waals surface area (Å²) in [6.07, 6.45) is 9.98. The summed E-state index contributed by atoms with van der Waals surface area (Å²) < 4.78 is 22.4. The van der Waals surface area contributed by atoms with Crippen LogP contribution in [0.15, 0.2) is 30.3 Å². The number of nitrogens with two attached hydrogens (primary N) is 1. The SMILES string of the molecule is CC[C@H](C)C([C@@H](CC(=O)C1CCC[C@H]1C)OC)N(C)C(=O)[C@@H](CC(=O)C(C(C)C)N(C)C(=O)COCCOCCCC(=O)CCCCCC(=O)CN)C(C)C.CO[C@@H](C)[C@@H](C)CC[C@H](C)[C@@H](O)c1ccccc1. The highest BCUT2D eigenvalue weighted by Crippen LogP contribution is 2.35. The Balaban J connectivity index is 0.00000123. The van der Waals surface area contributed by atoms with E-state index in [1.165, 1.54) is 4.90 Å². The van der Waals surface area contributed by atoms with Crippen LogP contribution in [0.1, 0.15) is 177 Å². The zero-order chi connectivity index (χ0) is 55.2. The molecular weight excluding hydrogens is 927 g/mol. The van der Waals surface area contributed by atoms with Crippen molar-refractivity contribution in [1.82, 2.24) is 9.80 Å². The van der Waals surface area contributed by atoms with Gasteiger partial charge in [0.25, 0.3) is 0 Å². The number of nitrogens with zero attached hydrogens (tertiary/aromatic N) is 2. The van der Waals surface area contributed by atoms with Crippen LogP contribution in [0.3, 0.4) is 0 Å². The molecule has 2 amide bonds. The number of ether oxygens (including phenoxy) is 4. The van der Waals surface area contributed by atoms with Crippen LogP contribution in [0.4, 0.5) is 0 Å². The molecule has 1 fully saturated rings. The van der Waals surface area contributed by atoms with Gasteiger partial charge in [-0.3, -0.25) is 28.8 Å². The van der Waals surface area contributed by atoms with Gasteiger partial charge in [-0.25, -0.2) is 0 Å². The molecule has 0 saturated heterocycles. The van der Waals surface area contributed by atoms with Gasteiger partial charge in [-0.2, -0.15) is 0 Å². The number of ketones is 4. The summed E-state index contributed by atoms with van der Waals surface area (Å²) in [7, 11) is 6.73. The van der Waals surface area contributed by atoms with E-state index in [4.69, 9.17) is 24.7 Å². The highest BCUT2D eigenvalue weighted by atomic mass is 16.5. The second-order valence-electron chi connectivity index (χ2n) is 21.9. The third kappa shape index (κ3) is 24.9. The monoisotopic (exact) mass is 1030 g/mol. The first-order chi connectivity index (χ1) is 34.6. The molecule has 1 aliphatic rings. The maximum absolute atomic E-state index is 14.3. The third-order valence-electron chi connectivity index (χ3n) is 15.6. The normalized spacial score (nSPS) is 18.4. The van der Waals surface area contributed by atoms with E-state index in [9.17, 15) is 33.9 Å². The van der Waals surface area contributed by atoms with Crippen molar-refractivity contribution in [1.29, 1.82) is 0 Å². The fraction of sp³-hybridized carbons (Fsp3) is 0.797. The molecule has 3 unspecified atom stereocenters. The Kier molecular flexibility index (Phi) is 34.6. The molecule has 1 aromatic rings. The molecule has 0 bridgehead atoms. The van der Waals surface area contributed by atoms with E-state index in [1.807, 2.05) is 58.0 Å². The van der Waals surface area contributed by atoms with Gasteiger partial charge in [-0.15, -0.1) is 0 Å².